The van der Waals surface area contributed by atoms with Gasteiger partial charge in [0.2, 0.25) is 0 Å². The summed E-state index contributed by atoms with van der Waals surface area (Å²) in [4.78, 5) is 10.2. The van der Waals surface area contributed by atoms with Gasteiger partial charge >= 0.3 is 5.97 Å². The SMILES string of the molecule is C=Cc1ccccc1.CC(=CCC(O)CO)C(=O)O. The van der Waals surface area contributed by atoms with Crippen molar-refractivity contribution >= 4 is 12.0 Å². The van der Waals surface area contributed by atoms with E-state index < -0.39 is 12.1 Å². The van der Waals surface area contributed by atoms with Gasteiger partial charge in [0, 0.05) is 5.57 Å². The summed E-state index contributed by atoms with van der Waals surface area (Å²) in [7, 11) is 0. The highest BCUT2D eigenvalue weighted by Gasteiger charge is 2.02. The van der Waals surface area contributed by atoms with Gasteiger partial charge in [-0.3, -0.25) is 0 Å². The summed E-state index contributed by atoms with van der Waals surface area (Å²) in [5, 5.41) is 25.5. The summed E-state index contributed by atoms with van der Waals surface area (Å²) in [5.41, 5.74) is 1.35. The first-order valence-corrected chi connectivity index (χ1v) is 5.87. The van der Waals surface area contributed by atoms with E-state index in [-0.39, 0.29) is 18.6 Å². The Balaban J connectivity index is 0.000000356. The first-order valence-electron chi connectivity index (χ1n) is 5.87. The molecule has 0 radical (unpaired) electrons. The topological polar surface area (TPSA) is 77.8 Å². The number of hydrogen-bond acceptors (Lipinski definition) is 3. The summed E-state index contributed by atoms with van der Waals surface area (Å²) in [6.07, 6.45) is 2.53. The Hall–Kier alpha value is -1.91. The van der Waals surface area contributed by atoms with Crippen LogP contribution in [0.4, 0.5) is 0 Å². The second-order valence-electron chi connectivity index (χ2n) is 3.88. The highest BCUT2D eigenvalue weighted by molar-refractivity contribution is 5.85. The molecule has 4 heteroatoms. The molecule has 0 aliphatic rings. The number of rotatable bonds is 5. The molecule has 0 aliphatic heterocycles. The highest BCUT2D eigenvalue weighted by atomic mass is 16.4. The van der Waals surface area contributed by atoms with Gasteiger partial charge < -0.3 is 15.3 Å². The molecule has 0 heterocycles. The first-order chi connectivity index (χ1) is 9.01. The summed E-state index contributed by atoms with van der Waals surface area (Å²) in [6, 6.07) is 10.0. The molecule has 1 atom stereocenters. The van der Waals surface area contributed by atoms with E-state index in [1.165, 1.54) is 18.6 Å². The van der Waals surface area contributed by atoms with Crippen LogP contribution in [0.25, 0.3) is 6.08 Å². The number of carbonyl (C=O) groups is 1. The molecule has 1 rings (SSSR count). The zero-order chi connectivity index (χ0) is 14.7. The Morgan fingerprint density at radius 2 is 1.95 bits per heavy atom. The molecule has 0 aliphatic carbocycles. The predicted octanol–water partition coefficient (Wildman–Crippen LogP) is 2.09. The molecule has 104 valence electrons. The maximum atomic E-state index is 10.2. The monoisotopic (exact) mass is 264 g/mol. The zero-order valence-corrected chi connectivity index (χ0v) is 11.0. The van der Waals surface area contributed by atoms with Crippen LogP contribution >= 0.6 is 0 Å². The fourth-order valence-electron chi connectivity index (χ4n) is 1.06. The quantitative estimate of drug-likeness (QED) is 0.712. The minimum atomic E-state index is -1.00. The lowest BCUT2D eigenvalue weighted by atomic mass is 10.2. The van der Waals surface area contributed by atoms with Gasteiger partial charge in [0.15, 0.2) is 0 Å². The van der Waals surface area contributed by atoms with Crippen LogP contribution in [0.1, 0.15) is 18.9 Å². The molecule has 0 bridgehead atoms. The van der Waals surface area contributed by atoms with Gasteiger partial charge in [-0.2, -0.15) is 0 Å². The molecule has 0 amide bonds. The van der Waals surface area contributed by atoms with E-state index in [9.17, 15) is 4.79 Å². The molecule has 19 heavy (non-hydrogen) atoms. The van der Waals surface area contributed by atoms with E-state index in [4.69, 9.17) is 15.3 Å². The molecular formula is C15H20O4. The third-order valence-electron chi connectivity index (χ3n) is 2.28. The van der Waals surface area contributed by atoms with Gasteiger partial charge in [-0.25, -0.2) is 4.79 Å². The average Bonchev–Trinajstić information content (AvgIpc) is 2.45. The van der Waals surface area contributed by atoms with Crippen LogP contribution in [-0.4, -0.2) is 34.0 Å². The third-order valence-corrected chi connectivity index (χ3v) is 2.28. The highest BCUT2D eigenvalue weighted by Crippen LogP contribution is 1.98. The smallest absolute Gasteiger partial charge is 0.330 e. The van der Waals surface area contributed by atoms with E-state index >= 15 is 0 Å². The third kappa shape index (κ3) is 8.77. The van der Waals surface area contributed by atoms with Gasteiger partial charge in [-0.1, -0.05) is 49.1 Å². The Kier molecular flexibility index (Phi) is 9.04. The molecule has 0 saturated carbocycles. The largest absolute Gasteiger partial charge is 0.478 e. The molecule has 1 aromatic carbocycles. The Morgan fingerprint density at radius 3 is 2.32 bits per heavy atom. The van der Waals surface area contributed by atoms with Crippen LogP contribution in [0.5, 0.6) is 0 Å². The summed E-state index contributed by atoms with van der Waals surface area (Å²) in [5.74, 6) is -1.00. The van der Waals surface area contributed by atoms with Gasteiger partial charge in [-0.05, 0) is 18.9 Å². The van der Waals surface area contributed by atoms with E-state index in [0.717, 1.165) is 0 Å². The van der Waals surface area contributed by atoms with Crippen molar-refractivity contribution in [2.45, 2.75) is 19.4 Å². The molecular weight excluding hydrogens is 244 g/mol. The van der Waals surface area contributed by atoms with Crippen molar-refractivity contribution in [1.29, 1.82) is 0 Å². The number of carboxylic acid groups (broad SMARTS) is 1. The number of aliphatic hydroxyl groups excluding tert-OH is 2. The lowest BCUT2D eigenvalue weighted by Gasteiger charge is -2.01. The average molecular weight is 264 g/mol. The molecule has 0 saturated heterocycles. The second kappa shape index (κ2) is 10.1. The summed E-state index contributed by atoms with van der Waals surface area (Å²) < 4.78 is 0. The Morgan fingerprint density at radius 1 is 1.37 bits per heavy atom. The molecule has 0 spiro atoms. The fraction of sp³-hybridized carbons (Fsp3) is 0.267. The van der Waals surface area contributed by atoms with Crippen LogP contribution in [0.3, 0.4) is 0 Å². The van der Waals surface area contributed by atoms with Crippen molar-refractivity contribution in [3.63, 3.8) is 0 Å². The zero-order valence-electron chi connectivity index (χ0n) is 11.0. The molecule has 0 fully saturated rings. The standard InChI is InChI=1S/C8H8.C7H12O4/c1-2-8-6-4-3-5-7-8;1-5(7(10)11)2-3-6(9)4-8/h2-7H,1H2;2,6,8-9H,3-4H2,1H3,(H,10,11). The van der Waals surface area contributed by atoms with Crippen LogP contribution < -0.4 is 0 Å². The van der Waals surface area contributed by atoms with Crippen molar-refractivity contribution in [1.82, 2.24) is 0 Å². The van der Waals surface area contributed by atoms with Crippen LogP contribution in [0.15, 0.2) is 48.6 Å². The Labute approximate surface area is 113 Å². The number of carboxylic acids is 1. The van der Waals surface area contributed by atoms with Crippen molar-refractivity contribution < 1.29 is 20.1 Å². The molecule has 4 nitrogen and oxygen atoms in total. The van der Waals surface area contributed by atoms with Gasteiger partial charge in [-0.15, -0.1) is 0 Å². The number of aliphatic carboxylic acids is 1. The van der Waals surface area contributed by atoms with Crippen molar-refractivity contribution in [2.24, 2.45) is 0 Å². The Bertz CT molecular complexity index is 409. The second-order valence-corrected chi connectivity index (χ2v) is 3.88. The lowest BCUT2D eigenvalue weighted by Crippen LogP contribution is -2.10. The van der Waals surface area contributed by atoms with Crippen LogP contribution in [0.2, 0.25) is 0 Å². The summed E-state index contributed by atoms with van der Waals surface area (Å²) in [6.45, 7) is 4.72. The minimum absolute atomic E-state index is 0.175. The lowest BCUT2D eigenvalue weighted by molar-refractivity contribution is -0.132. The van der Waals surface area contributed by atoms with E-state index in [2.05, 4.69) is 6.58 Å². The van der Waals surface area contributed by atoms with Crippen LogP contribution in [0, 0.1) is 0 Å². The van der Waals surface area contributed by atoms with Gasteiger partial charge in [0.25, 0.3) is 0 Å². The summed E-state index contributed by atoms with van der Waals surface area (Å²) >= 11 is 0. The number of benzene rings is 1. The fourth-order valence-corrected chi connectivity index (χ4v) is 1.06. The minimum Gasteiger partial charge on any atom is -0.478 e. The van der Waals surface area contributed by atoms with Gasteiger partial charge in [0.1, 0.15) is 0 Å². The van der Waals surface area contributed by atoms with Crippen LogP contribution in [-0.2, 0) is 4.79 Å². The molecule has 3 N–H and O–H groups in total. The van der Waals surface area contributed by atoms with E-state index in [1.54, 1.807) is 0 Å². The number of hydrogen-bond donors (Lipinski definition) is 3. The molecule has 1 unspecified atom stereocenters. The van der Waals surface area contributed by atoms with E-state index in [1.807, 2.05) is 36.4 Å². The molecule has 1 aromatic rings. The molecule has 0 aromatic heterocycles. The van der Waals surface area contributed by atoms with E-state index in [0.29, 0.717) is 0 Å². The van der Waals surface area contributed by atoms with Crippen molar-refractivity contribution in [2.75, 3.05) is 6.61 Å². The first kappa shape index (κ1) is 17.1. The maximum absolute atomic E-state index is 10.2. The number of aliphatic hydroxyl groups is 2. The van der Waals surface area contributed by atoms with Crippen molar-refractivity contribution in [3.05, 3.63) is 54.1 Å². The maximum Gasteiger partial charge on any atom is 0.330 e. The normalized spacial score (nSPS) is 12.1. The van der Waals surface area contributed by atoms with Gasteiger partial charge in [0.05, 0.1) is 12.7 Å². The predicted molar refractivity (Wildman–Crippen MR) is 75.6 cm³/mol. The van der Waals surface area contributed by atoms with Crippen molar-refractivity contribution in [3.8, 4) is 0 Å².